The molecule has 0 unspecified atom stereocenters. The van der Waals surface area contributed by atoms with Crippen molar-refractivity contribution in [2.75, 3.05) is 6.26 Å². The highest BCUT2D eigenvalue weighted by atomic mass is 32.2. The predicted molar refractivity (Wildman–Crippen MR) is 48.0 cm³/mol. The molecule has 0 aromatic carbocycles. The van der Waals surface area contributed by atoms with Crippen molar-refractivity contribution in [2.45, 2.75) is 20.8 Å². The highest BCUT2D eigenvalue weighted by molar-refractivity contribution is 8.02. The molecule has 0 heterocycles. The van der Waals surface area contributed by atoms with Crippen LogP contribution in [0.1, 0.15) is 20.8 Å². The molecule has 0 aromatic rings. The largest absolute Gasteiger partial charge is 0.259 e. The lowest BCUT2D eigenvalue weighted by molar-refractivity contribution is -0.403. The third-order valence-electron chi connectivity index (χ3n) is 1.18. The van der Waals surface area contributed by atoms with Crippen molar-refractivity contribution in [1.82, 2.24) is 0 Å². The summed E-state index contributed by atoms with van der Waals surface area (Å²) in [6.07, 6.45) is 2.92. The molecule has 0 aromatic heterocycles. The fourth-order valence-electron chi connectivity index (χ4n) is 0.648. The van der Waals surface area contributed by atoms with Crippen LogP contribution in [-0.4, -0.2) is 11.2 Å². The molecule has 0 aliphatic heterocycles. The second-order valence-electron chi connectivity index (χ2n) is 3.23. The number of thioether (sulfide) groups is 1. The van der Waals surface area contributed by atoms with E-state index in [0.29, 0.717) is 0 Å². The molecule has 0 rings (SSSR count). The molecular formula is C7H13NO2S. The quantitative estimate of drug-likeness (QED) is 0.478. The van der Waals surface area contributed by atoms with Crippen molar-refractivity contribution in [2.24, 2.45) is 5.41 Å². The van der Waals surface area contributed by atoms with Crippen LogP contribution in [0.25, 0.3) is 0 Å². The van der Waals surface area contributed by atoms with Crippen LogP contribution in [-0.2, 0) is 0 Å². The summed E-state index contributed by atoms with van der Waals surface area (Å²) in [7, 11) is 0. The fourth-order valence-corrected chi connectivity index (χ4v) is 1.45. The molecule has 64 valence electrons. The van der Waals surface area contributed by atoms with E-state index >= 15 is 0 Å². The maximum atomic E-state index is 10.1. The Kier molecular flexibility index (Phi) is 3.58. The maximum Gasteiger partial charge on any atom is 0.244 e. The third-order valence-corrected chi connectivity index (χ3v) is 2.34. The Balaban J connectivity index is 4.54. The lowest BCUT2D eigenvalue weighted by atomic mass is 9.97. The van der Waals surface area contributed by atoms with Crippen LogP contribution < -0.4 is 0 Å². The van der Waals surface area contributed by atoms with Gasteiger partial charge in [0.2, 0.25) is 6.20 Å². The minimum Gasteiger partial charge on any atom is -0.259 e. The van der Waals surface area contributed by atoms with Crippen molar-refractivity contribution in [1.29, 1.82) is 0 Å². The second kappa shape index (κ2) is 3.76. The molecule has 0 atom stereocenters. The van der Waals surface area contributed by atoms with Gasteiger partial charge in [0.1, 0.15) is 0 Å². The number of hydrogen-bond acceptors (Lipinski definition) is 3. The van der Waals surface area contributed by atoms with E-state index < -0.39 is 4.92 Å². The topological polar surface area (TPSA) is 43.1 Å². The molecule has 0 radical (unpaired) electrons. The van der Waals surface area contributed by atoms with Gasteiger partial charge in [-0.2, -0.15) is 0 Å². The summed E-state index contributed by atoms with van der Waals surface area (Å²) >= 11 is 1.42. The van der Waals surface area contributed by atoms with Gasteiger partial charge in [-0.3, -0.25) is 10.1 Å². The van der Waals surface area contributed by atoms with Gasteiger partial charge in [0.15, 0.2) is 0 Å². The molecule has 4 heteroatoms. The standard InChI is InChI=1S/C7H13NO2S/c1-7(2,3)6(11-4)5-8(9)10/h5H,1-4H3/b6-5-. The first kappa shape index (κ1) is 10.5. The Morgan fingerprint density at radius 1 is 1.55 bits per heavy atom. The highest BCUT2D eigenvalue weighted by Gasteiger charge is 2.19. The molecule has 0 bridgehead atoms. The zero-order chi connectivity index (χ0) is 9.07. The molecule has 0 saturated heterocycles. The summed E-state index contributed by atoms with van der Waals surface area (Å²) in [6, 6.07) is 0. The number of rotatable bonds is 2. The van der Waals surface area contributed by atoms with Crippen molar-refractivity contribution in [3.8, 4) is 0 Å². The van der Waals surface area contributed by atoms with Crippen molar-refractivity contribution >= 4 is 11.8 Å². The molecule has 3 nitrogen and oxygen atoms in total. The summed E-state index contributed by atoms with van der Waals surface area (Å²) in [5.74, 6) is 0. The van der Waals surface area contributed by atoms with Gasteiger partial charge in [-0.15, -0.1) is 11.8 Å². The van der Waals surface area contributed by atoms with Gasteiger partial charge in [0, 0.05) is 0 Å². The van der Waals surface area contributed by atoms with Crippen molar-refractivity contribution in [3.05, 3.63) is 21.2 Å². The Labute approximate surface area is 71.0 Å². The summed E-state index contributed by atoms with van der Waals surface area (Å²) in [5, 5.41) is 10.1. The molecular weight excluding hydrogens is 162 g/mol. The molecule has 0 fully saturated rings. The van der Waals surface area contributed by atoms with Crippen LogP contribution in [0.5, 0.6) is 0 Å². The lowest BCUT2D eigenvalue weighted by Gasteiger charge is -2.17. The Hall–Kier alpha value is -0.510. The van der Waals surface area contributed by atoms with Gasteiger partial charge in [0.05, 0.1) is 9.83 Å². The maximum absolute atomic E-state index is 10.1. The monoisotopic (exact) mass is 175 g/mol. The first-order valence-electron chi connectivity index (χ1n) is 3.27. The summed E-state index contributed by atoms with van der Waals surface area (Å²) < 4.78 is 0. The van der Waals surface area contributed by atoms with Gasteiger partial charge in [-0.1, -0.05) is 20.8 Å². The lowest BCUT2D eigenvalue weighted by Crippen LogP contribution is -2.08. The summed E-state index contributed by atoms with van der Waals surface area (Å²) in [4.78, 5) is 10.5. The molecule has 11 heavy (non-hydrogen) atoms. The minimum atomic E-state index is -0.406. The average Bonchev–Trinajstić information content (AvgIpc) is 1.79. The highest BCUT2D eigenvalue weighted by Crippen LogP contribution is 2.32. The van der Waals surface area contributed by atoms with Gasteiger partial charge in [0.25, 0.3) is 0 Å². The molecule has 0 aliphatic rings. The Bertz CT molecular complexity index is 181. The smallest absolute Gasteiger partial charge is 0.244 e. The Morgan fingerprint density at radius 3 is 2.09 bits per heavy atom. The first-order valence-corrected chi connectivity index (χ1v) is 4.50. The first-order chi connectivity index (χ1) is 4.88. The molecule has 0 aliphatic carbocycles. The van der Waals surface area contributed by atoms with Gasteiger partial charge < -0.3 is 0 Å². The van der Waals surface area contributed by atoms with E-state index in [1.54, 1.807) is 0 Å². The van der Waals surface area contributed by atoms with E-state index in [2.05, 4.69) is 0 Å². The number of nitrogens with zero attached hydrogens (tertiary/aromatic N) is 1. The van der Waals surface area contributed by atoms with Crippen LogP contribution in [0.4, 0.5) is 0 Å². The van der Waals surface area contributed by atoms with E-state index in [-0.39, 0.29) is 5.41 Å². The summed E-state index contributed by atoms with van der Waals surface area (Å²) in [5.41, 5.74) is -0.119. The van der Waals surface area contributed by atoms with Crippen LogP contribution in [0.3, 0.4) is 0 Å². The van der Waals surface area contributed by atoms with Crippen LogP contribution in [0.2, 0.25) is 0 Å². The average molecular weight is 175 g/mol. The zero-order valence-corrected chi connectivity index (χ0v) is 8.07. The SMILES string of the molecule is CS/C(=C\[N+](=O)[O-])C(C)(C)C. The van der Waals surface area contributed by atoms with Gasteiger partial charge >= 0.3 is 0 Å². The van der Waals surface area contributed by atoms with Crippen LogP contribution in [0.15, 0.2) is 11.1 Å². The van der Waals surface area contributed by atoms with Crippen molar-refractivity contribution in [3.63, 3.8) is 0 Å². The zero-order valence-electron chi connectivity index (χ0n) is 7.25. The second-order valence-corrected chi connectivity index (χ2v) is 4.08. The van der Waals surface area contributed by atoms with Crippen LogP contribution >= 0.6 is 11.8 Å². The number of hydrogen-bond donors (Lipinski definition) is 0. The van der Waals surface area contributed by atoms with Gasteiger partial charge in [-0.25, -0.2) is 0 Å². The molecule has 0 spiro atoms. The van der Waals surface area contributed by atoms with E-state index in [1.165, 1.54) is 11.8 Å². The van der Waals surface area contributed by atoms with E-state index in [0.717, 1.165) is 11.1 Å². The van der Waals surface area contributed by atoms with E-state index in [4.69, 9.17) is 0 Å². The number of allylic oxidation sites excluding steroid dienone is 1. The van der Waals surface area contributed by atoms with Gasteiger partial charge in [-0.05, 0) is 11.7 Å². The molecule has 0 saturated carbocycles. The third kappa shape index (κ3) is 4.03. The molecule has 0 amide bonds. The van der Waals surface area contributed by atoms with Crippen molar-refractivity contribution < 1.29 is 4.92 Å². The Morgan fingerprint density at radius 2 is 2.00 bits per heavy atom. The summed E-state index contributed by atoms with van der Waals surface area (Å²) in [6.45, 7) is 5.87. The fraction of sp³-hybridized carbons (Fsp3) is 0.714. The van der Waals surface area contributed by atoms with E-state index in [9.17, 15) is 10.1 Å². The van der Waals surface area contributed by atoms with Crippen LogP contribution in [0, 0.1) is 15.5 Å². The minimum absolute atomic E-state index is 0.119. The van der Waals surface area contributed by atoms with E-state index in [1.807, 2.05) is 27.0 Å². The number of nitro groups is 1. The molecule has 0 N–H and O–H groups in total. The normalized spacial score (nSPS) is 13.3. The predicted octanol–water partition coefficient (Wildman–Crippen LogP) is 2.51.